The minimum atomic E-state index is -0.241. The van der Waals surface area contributed by atoms with E-state index in [0.29, 0.717) is 11.3 Å². The van der Waals surface area contributed by atoms with Crippen LogP contribution in [0.3, 0.4) is 0 Å². The Morgan fingerprint density at radius 1 is 1.07 bits per heavy atom. The zero-order chi connectivity index (χ0) is 21.7. The number of hydrogen-bond donors (Lipinski definition) is 2. The second-order valence-electron chi connectivity index (χ2n) is 7.31. The molecule has 0 fully saturated rings. The Kier molecular flexibility index (Phi) is 6.57. The first-order valence-electron chi connectivity index (χ1n) is 10.1. The highest BCUT2D eigenvalue weighted by Gasteiger charge is 2.38. The van der Waals surface area contributed by atoms with E-state index in [1.807, 2.05) is 12.1 Å². The number of rotatable bonds is 8. The molecule has 0 aliphatic carbocycles. The molecule has 6 nitrogen and oxygen atoms in total. The van der Waals surface area contributed by atoms with Gasteiger partial charge in [-0.2, -0.15) is 0 Å². The van der Waals surface area contributed by atoms with Crippen molar-refractivity contribution in [3.63, 3.8) is 0 Å². The van der Waals surface area contributed by atoms with Gasteiger partial charge in [0.15, 0.2) is 5.78 Å². The average molecular weight is 408 g/mol. The number of fused-ring (bicyclic) bond motifs is 1. The summed E-state index contributed by atoms with van der Waals surface area (Å²) in [7, 11) is 3.10. The van der Waals surface area contributed by atoms with Crippen molar-refractivity contribution >= 4 is 23.1 Å². The molecule has 1 amide bonds. The van der Waals surface area contributed by atoms with Crippen molar-refractivity contribution in [2.45, 2.75) is 32.2 Å². The summed E-state index contributed by atoms with van der Waals surface area (Å²) < 4.78 is 10.2. The highest BCUT2D eigenvalue weighted by molar-refractivity contribution is 6.09. The van der Waals surface area contributed by atoms with Gasteiger partial charge in [-0.05, 0) is 54.8 Å². The van der Waals surface area contributed by atoms with Gasteiger partial charge in [-0.3, -0.25) is 9.59 Å². The lowest BCUT2D eigenvalue weighted by molar-refractivity contribution is -0.119. The van der Waals surface area contributed by atoms with Crippen LogP contribution < -0.4 is 15.4 Å². The Balaban J connectivity index is 1.88. The van der Waals surface area contributed by atoms with Gasteiger partial charge in [0.1, 0.15) is 12.4 Å². The van der Waals surface area contributed by atoms with Gasteiger partial charge in [-0.25, -0.2) is 0 Å². The van der Waals surface area contributed by atoms with E-state index >= 15 is 0 Å². The van der Waals surface area contributed by atoms with Crippen molar-refractivity contribution in [2.24, 2.45) is 0 Å². The van der Waals surface area contributed by atoms with Crippen LogP contribution in [0, 0.1) is 0 Å². The molecule has 2 aromatic carbocycles. The van der Waals surface area contributed by atoms with Gasteiger partial charge < -0.3 is 20.1 Å². The summed E-state index contributed by atoms with van der Waals surface area (Å²) in [4.78, 5) is 24.6. The van der Waals surface area contributed by atoms with Crippen molar-refractivity contribution in [1.82, 2.24) is 5.32 Å². The monoisotopic (exact) mass is 408 g/mol. The van der Waals surface area contributed by atoms with Gasteiger partial charge >= 0.3 is 0 Å². The van der Waals surface area contributed by atoms with E-state index in [0.717, 1.165) is 29.9 Å². The highest BCUT2D eigenvalue weighted by atomic mass is 16.5. The first-order valence-corrected chi connectivity index (χ1v) is 10.1. The number of carbonyl (C=O) groups is 2. The maximum absolute atomic E-state index is 12.9. The second-order valence-corrected chi connectivity index (χ2v) is 7.31. The molecule has 0 bridgehead atoms. The summed E-state index contributed by atoms with van der Waals surface area (Å²) >= 11 is 0. The third-order valence-corrected chi connectivity index (χ3v) is 5.62. The number of benzene rings is 2. The predicted octanol–water partition coefficient (Wildman–Crippen LogP) is 4.12. The van der Waals surface area contributed by atoms with Gasteiger partial charge in [0.05, 0.1) is 12.6 Å². The van der Waals surface area contributed by atoms with E-state index in [1.165, 1.54) is 12.7 Å². The number of ketones is 1. The zero-order valence-corrected chi connectivity index (χ0v) is 17.9. The molecule has 1 aliphatic rings. The van der Waals surface area contributed by atoms with Crippen molar-refractivity contribution < 1.29 is 19.1 Å². The topological polar surface area (TPSA) is 76.7 Å². The fourth-order valence-corrected chi connectivity index (χ4v) is 3.86. The van der Waals surface area contributed by atoms with Crippen LogP contribution in [0.1, 0.15) is 48.2 Å². The van der Waals surface area contributed by atoms with Crippen LogP contribution in [0.2, 0.25) is 0 Å². The maximum atomic E-state index is 12.9. The molecule has 3 rings (SSSR count). The molecular weight excluding hydrogens is 380 g/mol. The third-order valence-electron chi connectivity index (χ3n) is 5.62. The number of carbonyl (C=O) groups excluding carboxylic acids is 2. The van der Waals surface area contributed by atoms with E-state index in [9.17, 15) is 9.59 Å². The van der Waals surface area contributed by atoms with Crippen molar-refractivity contribution in [3.05, 3.63) is 65.2 Å². The standard InChI is InChI=1S/C24H28N2O4/c1-5-24(6-2)20-12-11-18(30-4)13-19(20)21(26-24)14-22(27)16-7-9-17(10-8-16)25-23(28)15-29-3/h7-14,26H,5-6,15H2,1-4H3,(H,25,28)/b21-14-. The van der Waals surface area contributed by atoms with Crippen LogP contribution in [-0.2, 0) is 15.1 Å². The summed E-state index contributed by atoms with van der Waals surface area (Å²) in [5.74, 6) is 0.409. The summed E-state index contributed by atoms with van der Waals surface area (Å²) in [6.45, 7) is 4.27. The van der Waals surface area contributed by atoms with Gasteiger partial charge in [-0.1, -0.05) is 19.9 Å². The van der Waals surface area contributed by atoms with Gasteiger partial charge in [0, 0.05) is 35.7 Å². The van der Waals surface area contributed by atoms with Crippen molar-refractivity contribution in [1.29, 1.82) is 0 Å². The summed E-state index contributed by atoms with van der Waals surface area (Å²) in [6.07, 6.45) is 3.46. The summed E-state index contributed by atoms with van der Waals surface area (Å²) in [6, 6.07) is 12.8. The Morgan fingerprint density at radius 3 is 2.37 bits per heavy atom. The van der Waals surface area contributed by atoms with E-state index in [1.54, 1.807) is 37.5 Å². The molecule has 6 heteroatoms. The lowest BCUT2D eigenvalue weighted by atomic mass is 9.85. The molecule has 0 saturated heterocycles. The van der Waals surface area contributed by atoms with E-state index in [-0.39, 0.29) is 23.8 Å². The lowest BCUT2D eigenvalue weighted by Crippen LogP contribution is -2.34. The maximum Gasteiger partial charge on any atom is 0.250 e. The Hall–Kier alpha value is -3.12. The molecule has 1 aliphatic heterocycles. The van der Waals surface area contributed by atoms with Gasteiger partial charge in [0.25, 0.3) is 0 Å². The average Bonchev–Trinajstić information content (AvgIpc) is 3.07. The lowest BCUT2D eigenvalue weighted by Gasteiger charge is -2.28. The van der Waals surface area contributed by atoms with Crippen LogP contribution in [0.25, 0.3) is 5.70 Å². The summed E-state index contributed by atoms with van der Waals surface area (Å²) in [5, 5.41) is 6.30. The predicted molar refractivity (Wildman–Crippen MR) is 118 cm³/mol. The number of anilines is 1. The van der Waals surface area contributed by atoms with E-state index in [2.05, 4.69) is 30.5 Å². The fraction of sp³-hybridized carbons (Fsp3) is 0.333. The van der Waals surface area contributed by atoms with Gasteiger partial charge in [-0.15, -0.1) is 0 Å². The third kappa shape index (κ3) is 4.24. The number of hydrogen-bond acceptors (Lipinski definition) is 5. The molecule has 30 heavy (non-hydrogen) atoms. The number of nitrogens with one attached hydrogen (secondary N) is 2. The van der Waals surface area contributed by atoms with Crippen molar-refractivity contribution in [3.8, 4) is 5.75 Å². The smallest absolute Gasteiger partial charge is 0.250 e. The zero-order valence-electron chi connectivity index (χ0n) is 17.9. The second kappa shape index (κ2) is 9.13. The molecule has 0 saturated carbocycles. The molecule has 2 aromatic rings. The molecule has 158 valence electrons. The SMILES string of the molecule is CCC1(CC)N/C(=C\C(=O)c2ccc(NC(=O)COC)cc2)c2cc(OC)ccc21. The van der Waals surface area contributed by atoms with Crippen LogP contribution in [0.5, 0.6) is 5.75 Å². The van der Waals surface area contributed by atoms with E-state index < -0.39 is 0 Å². The minimum absolute atomic E-state index is 0.0159. The van der Waals surface area contributed by atoms with E-state index in [4.69, 9.17) is 9.47 Å². The highest BCUT2D eigenvalue weighted by Crippen LogP contribution is 2.43. The van der Waals surface area contributed by atoms with Gasteiger partial charge in [0.2, 0.25) is 5.91 Å². The Morgan fingerprint density at radius 2 is 1.77 bits per heavy atom. The first kappa shape index (κ1) is 21.6. The Bertz CT molecular complexity index is 960. The molecule has 0 radical (unpaired) electrons. The molecule has 0 aromatic heterocycles. The largest absolute Gasteiger partial charge is 0.497 e. The molecule has 0 spiro atoms. The normalized spacial score (nSPS) is 15.4. The van der Waals surface area contributed by atoms with Crippen LogP contribution >= 0.6 is 0 Å². The Labute approximate surface area is 177 Å². The minimum Gasteiger partial charge on any atom is -0.497 e. The van der Waals surface area contributed by atoms with Crippen LogP contribution in [0.15, 0.2) is 48.5 Å². The van der Waals surface area contributed by atoms with Crippen molar-refractivity contribution in [2.75, 3.05) is 26.1 Å². The fourth-order valence-electron chi connectivity index (χ4n) is 3.86. The molecule has 1 heterocycles. The first-order chi connectivity index (χ1) is 14.5. The molecular formula is C24H28N2O4. The number of ether oxygens (including phenoxy) is 2. The number of methoxy groups -OCH3 is 2. The molecule has 2 N–H and O–H groups in total. The summed E-state index contributed by atoms with van der Waals surface area (Å²) in [5.41, 5.74) is 3.95. The quantitative estimate of drug-likeness (QED) is 0.508. The van der Waals surface area contributed by atoms with Crippen LogP contribution in [-0.4, -0.2) is 32.5 Å². The number of amides is 1. The molecule has 0 unspecified atom stereocenters. The molecule has 0 atom stereocenters. The number of allylic oxidation sites excluding steroid dienone is 1. The van der Waals surface area contributed by atoms with Crippen LogP contribution in [0.4, 0.5) is 5.69 Å².